The topological polar surface area (TPSA) is 76.1 Å². The van der Waals surface area contributed by atoms with Crippen LogP contribution in [0.5, 0.6) is 17.2 Å². The molecule has 1 aliphatic heterocycles. The Morgan fingerprint density at radius 3 is 2.57 bits per heavy atom. The molecule has 1 aliphatic rings. The number of benzene rings is 2. The van der Waals surface area contributed by atoms with Crippen molar-refractivity contribution in [3.63, 3.8) is 0 Å². The lowest BCUT2D eigenvalue weighted by Gasteiger charge is -2.22. The molecule has 1 N–H and O–H groups in total. The van der Waals surface area contributed by atoms with E-state index in [4.69, 9.17) is 26.2 Å². The van der Waals surface area contributed by atoms with Crippen LogP contribution in [0, 0.1) is 11.6 Å². The van der Waals surface area contributed by atoms with Crippen molar-refractivity contribution in [3.05, 3.63) is 52.6 Å². The molecular formula is C19H16ClF2NO5. The van der Waals surface area contributed by atoms with E-state index in [1.165, 1.54) is 25.3 Å². The number of nitrogens with zero attached hydrogens (tertiary/aromatic N) is 1. The quantitative estimate of drug-likeness (QED) is 0.801. The number of aliphatic carboxylic acids is 1. The number of halogens is 3. The predicted octanol–water partition coefficient (Wildman–Crippen LogP) is 4.11. The van der Waals surface area contributed by atoms with Crippen molar-refractivity contribution in [1.82, 2.24) is 4.90 Å². The summed E-state index contributed by atoms with van der Waals surface area (Å²) >= 11 is 5.97. The van der Waals surface area contributed by atoms with E-state index in [1.54, 1.807) is 0 Å². The summed E-state index contributed by atoms with van der Waals surface area (Å²) in [4.78, 5) is 24.8. The van der Waals surface area contributed by atoms with Crippen LogP contribution in [0.1, 0.15) is 23.2 Å². The molecular weight excluding hydrogens is 396 g/mol. The van der Waals surface area contributed by atoms with Crippen molar-refractivity contribution in [2.24, 2.45) is 0 Å². The van der Waals surface area contributed by atoms with Crippen molar-refractivity contribution in [2.45, 2.75) is 18.9 Å². The van der Waals surface area contributed by atoms with Gasteiger partial charge >= 0.3 is 5.97 Å². The number of amides is 1. The lowest BCUT2D eigenvalue weighted by atomic mass is 10.1. The standard InChI is InChI=1S/C19H16ClF2NO5/c1-27-16-5-4-10(7-12(16)20)28-17-9-13(21)11(8-14(17)22)18(24)23-6-2-3-15(23)19(25)26/h4-5,7-9,15H,2-3,6H2,1H3,(H,25,26)/t15-/m0/s1. The molecule has 0 bridgehead atoms. The van der Waals surface area contributed by atoms with Crippen LogP contribution >= 0.6 is 11.6 Å². The van der Waals surface area contributed by atoms with Gasteiger partial charge in [-0.05, 0) is 31.0 Å². The monoisotopic (exact) mass is 411 g/mol. The highest BCUT2D eigenvalue weighted by Gasteiger charge is 2.35. The second-order valence-corrected chi connectivity index (χ2v) is 6.56. The Balaban J connectivity index is 1.86. The summed E-state index contributed by atoms with van der Waals surface area (Å²) in [6.45, 7) is 0.166. The molecule has 9 heteroatoms. The molecule has 1 saturated heterocycles. The van der Waals surface area contributed by atoms with Crippen LogP contribution in [0.25, 0.3) is 0 Å². The normalized spacial score (nSPS) is 16.1. The molecule has 0 radical (unpaired) electrons. The van der Waals surface area contributed by atoms with Gasteiger partial charge in [-0.25, -0.2) is 13.6 Å². The number of carboxylic acids is 1. The average Bonchev–Trinajstić information content (AvgIpc) is 3.14. The van der Waals surface area contributed by atoms with Crippen LogP contribution in [0.3, 0.4) is 0 Å². The van der Waals surface area contributed by atoms with Gasteiger partial charge in [0.2, 0.25) is 0 Å². The van der Waals surface area contributed by atoms with Gasteiger partial charge in [0, 0.05) is 18.7 Å². The van der Waals surface area contributed by atoms with Gasteiger partial charge in [-0.3, -0.25) is 4.79 Å². The number of likely N-dealkylation sites (tertiary alicyclic amines) is 1. The molecule has 0 spiro atoms. The van der Waals surface area contributed by atoms with E-state index in [1.807, 2.05) is 0 Å². The minimum atomic E-state index is -1.18. The van der Waals surface area contributed by atoms with Crippen LogP contribution < -0.4 is 9.47 Å². The Labute approximate surface area is 164 Å². The van der Waals surface area contributed by atoms with Crippen molar-refractivity contribution in [3.8, 4) is 17.2 Å². The molecule has 1 heterocycles. The number of hydrogen-bond acceptors (Lipinski definition) is 4. The zero-order chi connectivity index (χ0) is 20.4. The van der Waals surface area contributed by atoms with Gasteiger partial charge < -0.3 is 19.5 Å². The van der Waals surface area contributed by atoms with Crippen LogP contribution in [-0.4, -0.2) is 41.6 Å². The molecule has 2 aromatic rings. The highest BCUT2D eigenvalue weighted by atomic mass is 35.5. The van der Waals surface area contributed by atoms with Gasteiger partial charge in [-0.1, -0.05) is 11.6 Å². The third kappa shape index (κ3) is 3.87. The van der Waals surface area contributed by atoms with Crippen LogP contribution in [0.15, 0.2) is 30.3 Å². The molecule has 1 fully saturated rings. The Bertz CT molecular complexity index is 937. The molecule has 1 amide bonds. The van der Waals surface area contributed by atoms with E-state index in [9.17, 15) is 18.4 Å². The lowest BCUT2D eigenvalue weighted by Crippen LogP contribution is -2.40. The number of rotatable bonds is 5. The number of carbonyl (C=O) groups excluding carboxylic acids is 1. The van der Waals surface area contributed by atoms with Gasteiger partial charge in [0.05, 0.1) is 17.7 Å². The number of carbonyl (C=O) groups is 2. The van der Waals surface area contributed by atoms with E-state index in [0.29, 0.717) is 18.2 Å². The number of methoxy groups -OCH3 is 1. The van der Waals surface area contributed by atoms with Gasteiger partial charge in [-0.2, -0.15) is 0 Å². The van der Waals surface area contributed by atoms with E-state index in [2.05, 4.69) is 0 Å². The highest BCUT2D eigenvalue weighted by molar-refractivity contribution is 6.32. The van der Waals surface area contributed by atoms with Gasteiger partial charge in [-0.15, -0.1) is 0 Å². The summed E-state index contributed by atoms with van der Waals surface area (Å²) in [5, 5.41) is 9.39. The highest BCUT2D eigenvalue weighted by Crippen LogP contribution is 2.33. The van der Waals surface area contributed by atoms with Gasteiger partial charge in [0.25, 0.3) is 5.91 Å². The van der Waals surface area contributed by atoms with Crippen LogP contribution in [0.4, 0.5) is 8.78 Å². The Morgan fingerprint density at radius 2 is 1.93 bits per heavy atom. The van der Waals surface area contributed by atoms with Crippen molar-refractivity contribution >= 4 is 23.5 Å². The van der Waals surface area contributed by atoms with E-state index in [-0.39, 0.29) is 23.7 Å². The maximum Gasteiger partial charge on any atom is 0.326 e. The summed E-state index contributed by atoms with van der Waals surface area (Å²) in [6, 6.07) is 4.74. The molecule has 0 aromatic heterocycles. The summed E-state index contributed by atoms with van der Waals surface area (Å²) in [5.41, 5.74) is -0.550. The van der Waals surface area contributed by atoms with E-state index < -0.39 is 40.9 Å². The zero-order valence-corrected chi connectivity index (χ0v) is 15.5. The van der Waals surface area contributed by atoms with Crippen LogP contribution in [0.2, 0.25) is 5.02 Å². The van der Waals surface area contributed by atoms with E-state index >= 15 is 0 Å². The largest absolute Gasteiger partial charge is 0.495 e. The van der Waals surface area contributed by atoms with Gasteiger partial charge in [0.15, 0.2) is 11.6 Å². The van der Waals surface area contributed by atoms with Crippen molar-refractivity contribution in [1.29, 1.82) is 0 Å². The Morgan fingerprint density at radius 1 is 1.18 bits per heavy atom. The first-order chi connectivity index (χ1) is 13.3. The first-order valence-corrected chi connectivity index (χ1v) is 8.74. The third-order valence-electron chi connectivity index (χ3n) is 4.40. The smallest absolute Gasteiger partial charge is 0.326 e. The molecule has 0 saturated carbocycles. The summed E-state index contributed by atoms with van der Waals surface area (Å²) < 4.78 is 39.2. The number of carboxylic acid groups (broad SMARTS) is 1. The number of hydrogen-bond donors (Lipinski definition) is 1. The zero-order valence-electron chi connectivity index (χ0n) is 14.7. The predicted molar refractivity (Wildman–Crippen MR) is 96.1 cm³/mol. The van der Waals surface area contributed by atoms with Crippen LogP contribution in [-0.2, 0) is 4.79 Å². The fraction of sp³-hybridized carbons (Fsp3) is 0.263. The minimum absolute atomic E-state index is 0.147. The second-order valence-electron chi connectivity index (χ2n) is 6.16. The fourth-order valence-corrected chi connectivity index (χ4v) is 3.28. The van der Waals surface area contributed by atoms with Crippen molar-refractivity contribution in [2.75, 3.05) is 13.7 Å². The molecule has 28 heavy (non-hydrogen) atoms. The molecule has 148 valence electrons. The molecule has 0 aliphatic carbocycles. The van der Waals surface area contributed by atoms with Crippen molar-refractivity contribution < 1.29 is 33.0 Å². The molecule has 2 aromatic carbocycles. The average molecular weight is 412 g/mol. The van der Waals surface area contributed by atoms with E-state index in [0.717, 1.165) is 11.0 Å². The molecule has 6 nitrogen and oxygen atoms in total. The second kappa shape index (κ2) is 8.02. The summed E-state index contributed by atoms with van der Waals surface area (Å²) in [7, 11) is 1.43. The minimum Gasteiger partial charge on any atom is -0.495 e. The molecule has 1 atom stereocenters. The Kier molecular flexibility index (Phi) is 5.69. The van der Waals surface area contributed by atoms with Gasteiger partial charge in [0.1, 0.15) is 23.4 Å². The Hall–Kier alpha value is -2.87. The SMILES string of the molecule is COc1ccc(Oc2cc(F)c(C(=O)N3CCC[C@H]3C(=O)O)cc2F)cc1Cl. The molecule has 3 rings (SSSR count). The maximum absolute atomic E-state index is 14.5. The first kappa shape index (κ1) is 19.9. The summed E-state index contributed by atoms with van der Waals surface area (Å²) in [5.74, 6) is -3.94. The fourth-order valence-electron chi connectivity index (χ4n) is 3.03. The third-order valence-corrected chi connectivity index (χ3v) is 4.70. The lowest BCUT2D eigenvalue weighted by molar-refractivity contribution is -0.141. The number of ether oxygens (including phenoxy) is 2. The maximum atomic E-state index is 14.5. The molecule has 0 unspecified atom stereocenters. The summed E-state index contributed by atoms with van der Waals surface area (Å²) in [6.07, 6.45) is 0.747. The first-order valence-electron chi connectivity index (χ1n) is 8.36.